The summed E-state index contributed by atoms with van der Waals surface area (Å²) in [4.78, 5) is 17.8. The predicted molar refractivity (Wildman–Crippen MR) is 78.2 cm³/mol. The number of halogens is 1. The van der Waals surface area contributed by atoms with Crippen molar-refractivity contribution in [1.29, 1.82) is 0 Å². The van der Waals surface area contributed by atoms with Crippen LogP contribution < -0.4 is 4.90 Å². The second-order valence-corrected chi connectivity index (χ2v) is 5.58. The molecule has 3 rings (SSSR count). The van der Waals surface area contributed by atoms with E-state index in [2.05, 4.69) is 27.0 Å². The van der Waals surface area contributed by atoms with E-state index < -0.39 is 0 Å². The van der Waals surface area contributed by atoms with Gasteiger partial charge in [0.1, 0.15) is 10.4 Å². The van der Waals surface area contributed by atoms with Gasteiger partial charge in [0.15, 0.2) is 0 Å². The lowest BCUT2D eigenvalue weighted by Crippen LogP contribution is -2.20. The standard InChI is InChI=1S/C14H14BrN3O/c1-8-16-14(15)13(17(8)2)9-4-5-11-10(6-9)7-12(19)18(11)3/h4-6H,7H2,1-3H3. The van der Waals surface area contributed by atoms with E-state index in [1.54, 1.807) is 4.90 Å². The van der Waals surface area contributed by atoms with Gasteiger partial charge in [0.2, 0.25) is 5.91 Å². The van der Waals surface area contributed by atoms with Crippen LogP contribution in [0.3, 0.4) is 0 Å². The molecule has 5 heteroatoms. The van der Waals surface area contributed by atoms with E-state index in [-0.39, 0.29) is 5.91 Å². The van der Waals surface area contributed by atoms with Crippen molar-refractivity contribution in [2.45, 2.75) is 13.3 Å². The van der Waals surface area contributed by atoms with Gasteiger partial charge in [-0.25, -0.2) is 4.98 Å². The zero-order valence-electron chi connectivity index (χ0n) is 11.1. The molecule has 1 aliphatic rings. The summed E-state index contributed by atoms with van der Waals surface area (Å²) < 4.78 is 2.89. The van der Waals surface area contributed by atoms with Crippen LogP contribution in [0.15, 0.2) is 22.8 Å². The van der Waals surface area contributed by atoms with E-state index in [0.717, 1.165) is 32.9 Å². The van der Waals surface area contributed by atoms with E-state index in [9.17, 15) is 4.79 Å². The third-order valence-corrected chi connectivity index (χ3v) is 4.26. The maximum Gasteiger partial charge on any atom is 0.231 e. The van der Waals surface area contributed by atoms with E-state index in [4.69, 9.17) is 0 Å². The lowest BCUT2D eigenvalue weighted by molar-refractivity contribution is -0.117. The van der Waals surface area contributed by atoms with Gasteiger partial charge in [0.25, 0.3) is 0 Å². The summed E-state index contributed by atoms with van der Waals surface area (Å²) in [6.45, 7) is 1.97. The number of rotatable bonds is 1. The molecule has 1 amide bonds. The third kappa shape index (κ3) is 1.80. The fraction of sp³-hybridized carbons (Fsp3) is 0.286. The number of nitrogens with zero attached hydrogens (tertiary/aromatic N) is 3. The molecule has 0 unspecified atom stereocenters. The number of hydrogen-bond donors (Lipinski definition) is 0. The zero-order chi connectivity index (χ0) is 13.7. The van der Waals surface area contributed by atoms with Crippen LogP contribution >= 0.6 is 15.9 Å². The second-order valence-electron chi connectivity index (χ2n) is 4.83. The molecule has 0 saturated heterocycles. The first-order chi connectivity index (χ1) is 8.99. The molecule has 0 radical (unpaired) electrons. The SMILES string of the molecule is Cc1nc(Br)c(-c2ccc3c(c2)CC(=O)N3C)n1C. The summed E-state index contributed by atoms with van der Waals surface area (Å²) in [5, 5.41) is 0. The normalized spacial score (nSPS) is 14.1. The molecular weight excluding hydrogens is 306 g/mol. The number of likely N-dealkylation sites (N-methyl/N-ethyl adjacent to an activating group) is 1. The van der Waals surface area contributed by atoms with Crippen LogP contribution in [-0.2, 0) is 18.3 Å². The fourth-order valence-electron chi connectivity index (χ4n) is 2.50. The monoisotopic (exact) mass is 319 g/mol. The maximum absolute atomic E-state index is 11.7. The lowest BCUT2D eigenvalue weighted by atomic mass is 10.1. The molecule has 1 aliphatic heterocycles. The van der Waals surface area contributed by atoms with Crippen LogP contribution in [0.2, 0.25) is 0 Å². The van der Waals surface area contributed by atoms with Gasteiger partial charge in [-0.1, -0.05) is 6.07 Å². The zero-order valence-corrected chi connectivity index (χ0v) is 12.7. The van der Waals surface area contributed by atoms with E-state index >= 15 is 0 Å². The van der Waals surface area contributed by atoms with Crippen molar-refractivity contribution in [2.24, 2.45) is 7.05 Å². The lowest BCUT2D eigenvalue weighted by Gasteiger charge is -2.11. The second kappa shape index (κ2) is 4.20. The van der Waals surface area contributed by atoms with Gasteiger partial charge in [-0.15, -0.1) is 0 Å². The number of benzene rings is 1. The Morgan fingerprint density at radius 2 is 2.05 bits per heavy atom. The molecule has 0 fully saturated rings. The molecule has 0 bridgehead atoms. The van der Waals surface area contributed by atoms with Gasteiger partial charge in [-0.2, -0.15) is 0 Å². The summed E-state index contributed by atoms with van der Waals surface area (Å²) in [7, 11) is 3.81. The molecule has 0 aliphatic carbocycles. The highest BCUT2D eigenvalue weighted by molar-refractivity contribution is 9.10. The number of carbonyl (C=O) groups is 1. The number of aromatic nitrogens is 2. The van der Waals surface area contributed by atoms with Crippen molar-refractivity contribution in [2.75, 3.05) is 11.9 Å². The van der Waals surface area contributed by atoms with Crippen molar-refractivity contribution in [3.63, 3.8) is 0 Å². The van der Waals surface area contributed by atoms with Gasteiger partial charge in [0.05, 0.1) is 12.1 Å². The number of carbonyl (C=O) groups excluding carboxylic acids is 1. The Balaban J connectivity index is 2.14. The summed E-state index contributed by atoms with van der Waals surface area (Å²) in [5.74, 6) is 1.10. The maximum atomic E-state index is 11.7. The average molecular weight is 320 g/mol. The number of aryl methyl sites for hydroxylation is 1. The number of hydrogen-bond acceptors (Lipinski definition) is 2. The Kier molecular flexibility index (Phi) is 2.74. The van der Waals surface area contributed by atoms with E-state index in [0.29, 0.717) is 6.42 Å². The largest absolute Gasteiger partial charge is 0.330 e. The molecule has 0 saturated carbocycles. The van der Waals surface area contributed by atoms with Gasteiger partial charge in [0, 0.05) is 25.3 Å². The van der Waals surface area contributed by atoms with E-state index in [1.165, 1.54) is 0 Å². The molecule has 2 heterocycles. The minimum atomic E-state index is 0.146. The molecule has 19 heavy (non-hydrogen) atoms. The quantitative estimate of drug-likeness (QED) is 0.810. The van der Waals surface area contributed by atoms with Crippen LogP contribution in [0.5, 0.6) is 0 Å². The Morgan fingerprint density at radius 1 is 1.32 bits per heavy atom. The molecule has 0 atom stereocenters. The highest BCUT2D eigenvalue weighted by atomic mass is 79.9. The minimum Gasteiger partial charge on any atom is -0.330 e. The number of amides is 1. The van der Waals surface area contributed by atoms with Crippen molar-refractivity contribution in [3.8, 4) is 11.3 Å². The molecule has 0 N–H and O–H groups in total. The number of imidazole rings is 1. The molecule has 4 nitrogen and oxygen atoms in total. The molecule has 0 spiro atoms. The summed E-state index contributed by atoms with van der Waals surface area (Å²) in [6.07, 6.45) is 0.480. The topological polar surface area (TPSA) is 38.1 Å². The van der Waals surface area contributed by atoms with Gasteiger partial charge >= 0.3 is 0 Å². The molecule has 98 valence electrons. The molecule has 1 aromatic carbocycles. The number of fused-ring (bicyclic) bond motifs is 1. The summed E-state index contributed by atoms with van der Waals surface area (Å²) in [5.41, 5.74) is 4.21. The van der Waals surface area contributed by atoms with Crippen molar-refractivity contribution in [1.82, 2.24) is 9.55 Å². The van der Waals surface area contributed by atoms with Gasteiger partial charge in [-0.05, 0) is 40.5 Å². The Morgan fingerprint density at radius 3 is 2.68 bits per heavy atom. The van der Waals surface area contributed by atoms with Crippen molar-refractivity contribution < 1.29 is 4.79 Å². The third-order valence-electron chi connectivity index (χ3n) is 3.71. The highest BCUT2D eigenvalue weighted by Crippen LogP contribution is 2.34. The van der Waals surface area contributed by atoms with Crippen molar-refractivity contribution >= 4 is 27.5 Å². The molecule has 2 aromatic rings. The van der Waals surface area contributed by atoms with Crippen LogP contribution in [-0.4, -0.2) is 22.5 Å². The molecule has 1 aromatic heterocycles. The van der Waals surface area contributed by atoms with Crippen LogP contribution in [0.4, 0.5) is 5.69 Å². The van der Waals surface area contributed by atoms with E-state index in [1.807, 2.05) is 37.7 Å². The Hall–Kier alpha value is -1.62. The minimum absolute atomic E-state index is 0.146. The fourth-order valence-corrected chi connectivity index (χ4v) is 3.25. The van der Waals surface area contributed by atoms with Gasteiger partial charge in [-0.3, -0.25) is 4.79 Å². The first kappa shape index (κ1) is 12.4. The Bertz CT molecular complexity index is 690. The van der Waals surface area contributed by atoms with Crippen LogP contribution in [0, 0.1) is 6.92 Å². The van der Waals surface area contributed by atoms with Gasteiger partial charge < -0.3 is 9.47 Å². The highest BCUT2D eigenvalue weighted by Gasteiger charge is 2.24. The smallest absolute Gasteiger partial charge is 0.231 e. The first-order valence-corrected chi connectivity index (χ1v) is 6.87. The average Bonchev–Trinajstić information content (AvgIpc) is 2.78. The predicted octanol–water partition coefficient (Wildman–Crippen LogP) is 2.68. The van der Waals surface area contributed by atoms with Crippen LogP contribution in [0.1, 0.15) is 11.4 Å². The van der Waals surface area contributed by atoms with Crippen LogP contribution in [0.25, 0.3) is 11.3 Å². The van der Waals surface area contributed by atoms with Crippen molar-refractivity contribution in [3.05, 3.63) is 34.2 Å². The summed E-state index contributed by atoms with van der Waals surface area (Å²) in [6, 6.07) is 6.12. The summed E-state index contributed by atoms with van der Waals surface area (Å²) >= 11 is 3.50. The molecular formula is C14H14BrN3O. The Labute approximate surface area is 120 Å². The first-order valence-electron chi connectivity index (χ1n) is 6.07. The number of anilines is 1.